The van der Waals surface area contributed by atoms with Crippen molar-refractivity contribution in [2.45, 2.75) is 13.3 Å². The van der Waals surface area contributed by atoms with Crippen LogP contribution in [0.3, 0.4) is 0 Å². The van der Waals surface area contributed by atoms with Crippen LogP contribution >= 0.6 is 0 Å². The fraction of sp³-hybridized carbons (Fsp3) is 0.250. The third kappa shape index (κ3) is 4.21. The fourth-order valence-electron chi connectivity index (χ4n) is 1.88. The van der Waals surface area contributed by atoms with Crippen LogP contribution in [0.5, 0.6) is 0 Å². The van der Waals surface area contributed by atoms with Crippen molar-refractivity contribution in [3.63, 3.8) is 0 Å². The molecule has 0 aliphatic carbocycles. The predicted octanol–water partition coefficient (Wildman–Crippen LogP) is 1.73. The van der Waals surface area contributed by atoms with E-state index in [-0.39, 0.29) is 18.4 Å². The summed E-state index contributed by atoms with van der Waals surface area (Å²) in [7, 11) is 0. The molecule has 5 heteroatoms. The normalized spacial score (nSPS) is 10.1. The van der Waals surface area contributed by atoms with Gasteiger partial charge in [-0.2, -0.15) is 0 Å². The van der Waals surface area contributed by atoms with Crippen LogP contribution in [0.4, 0.5) is 0 Å². The van der Waals surface area contributed by atoms with Crippen LogP contribution in [0.1, 0.15) is 23.7 Å². The number of nitrogens with one attached hydrogen (secondary N) is 2. The minimum absolute atomic E-state index is 0.00180. The molecule has 0 saturated carbocycles. The molecule has 1 aromatic heterocycles. The molecule has 0 bridgehead atoms. The van der Waals surface area contributed by atoms with E-state index in [1.165, 1.54) is 0 Å². The zero-order valence-electron chi connectivity index (χ0n) is 12.0. The van der Waals surface area contributed by atoms with E-state index in [1.807, 2.05) is 48.1 Å². The van der Waals surface area contributed by atoms with E-state index in [2.05, 4.69) is 10.6 Å². The summed E-state index contributed by atoms with van der Waals surface area (Å²) >= 11 is 0. The standard InChI is InChI=1S/C16H19N3O2/c1-2-9-17-15(20)12-18-16(21)13-5-7-14(8-6-13)19-10-3-4-11-19/h3-8,10-11H,2,9,12H2,1H3,(H,17,20)(H,18,21). The second kappa shape index (κ2) is 7.28. The third-order valence-corrected chi connectivity index (χ3v) is 3.01. The Balaban J connectivity index is 1.90. The van der Waals surface area contributed by atoms with Gasteiger partial charge in [0.25, 0.3) is 5.91 Å². The largest absolute Gasteiger partial charge is 0.355 e. The van der Waals surface area contributed by atoms with Gasteiger partial charge in [0.1, 0.15) is 0 Å². The van der Waals surface area contributed by atoms with Gasteiger partial charge in [-0.05, 0) is 42.8 Å². The maximum atomic E-state index is 11.9. The number of amides is 2. The van der Waals surface area contributed by atoms with Crippen molar-refractivity contribution in [3.8, 4) is 5.69 Å². The van der Waals surface area contributed by atoms with Crippen molar-refractivity contribution in [2.24, 2.45) is 0 Å². The Bertz CT molecular complexity index is 588. The van der Waals surface area contributed by atoms with Crippen LogP contribution in [-0.4, -0.2) is 29.5 Å². The van der Waals surface area contributed by atoms with Crippen LogP contribution in [-0.2, 0) is 4.79 Å². The maximum absolute atomic E-state index is 11.9. The molecule has 0 spiro atoms. The van der Waals surface area contributed by atoms with E-state index in [1.54, 1.807) is 12.1 Å². The average molecular weight is 285 g/mol. The van der Waals surface area contributed by atoms with Gasteiger partial charge in [-0.15, -0.1) is 0 Å². The lowest BCUT2D eigenvalue weighted by atomic mass is 10.2. The van der Waals surface area contributed by atoms with Crippen LogP contribution in [0.15, 0.2) is 48.8 Å². The topological polar surface area (TPSA) is 63.1 Å². The molecule has 0 saturated heterocycles. The Labute approximate surface area is 124 Å². The van der Waals surface area contributed by atoms with Crippen molar-refractivity contribution < 1.29 is 9.59 Å². The van der Waals surface area contributed by atoms with E-state index in [4.69, 9.17) is 0 Å². The predicted molar refractivity (Wildman–Crippen MR) is 81.4 cm³/mol. The zero-order valence-corrected chi connectivity index (χ0v) is 12.0. The number of rotatable bonds is 6. The maximum Gasteiger partial charge on any atom is 0.251 e. The molecule has 2 rings (SSSR count). The van der Waals surface area contributed by atoms with E-state index >= 15 is 0 Å². The quantitative estimate of drug-likeness (QED) is 0.849. The molecule has 0 aliphatic rings. The number of benzene rings is 1. The fourth-order valence-corrected chi connectivity index (χ4v) is 1.88. The molecular weight excluding hydrogens is 266 g/mol. The lowest BCUT2D eigenvalue weighted by molar-refractivity contribution is -0.120. The first-order valence-corrected chi connectivity index (χ1v) is 6.99. The van der Waals surface area contributed by atoms with Gasteiger partial charge in [0, 0.05) is 30.2 Å². The van der Waals surface area contributed by atoms with Crippen molar-refractivity contribution in [1.82, 2.24) is 15.2 Å². The molecule has 0 unspecified atom stereocenters. The molecule has 2 aromatic rings. The lowest BCUT2D eigenvalue weighted by Gasteiger charge is -2.07. The van der Waals surface area contributed by atoms with Crippen molar-refractivity contribution in [1.29, 1.82) is 0 Å². The summed E-state index contributed by atoms with van der Waals surface area (Å²) in [5, 5.41) is 5.31. The molecule has 1 heterocycles. The monoisotopic (exact) mass is 285 g/mol. The van der Waals surface area contributed by atoms with Gasteiger partial charge in [-0.3, -0.25) is 9.59 Å². The number of carbonyl (C=O) groups excluding carboxylic acids is 2. The van der Waals surface area contributed by atoms with Gasteiger partial charge in [0.2, 0.25) is 5.91 Å². The molecular formula is C16H19N3O2. The Morgan fingerprint density at radius 1 is 1.05 bits per heavy atom. The third-order valence-electron chi connectivity index (χ3n) is 3.01. The van der Waals surface area contributed by atoms with E-state index < -0.39 is 0 Å². The highest BCUT2D eigenvalue weighted by atomic mass is 16.2. The second-order valence-electron chi connectivity index (χ2n) is 4.67. The van der Waals surface area contributed by atoms with Crippen molar-refractivity contribution >= 4 is 11.8 Å². The minimum atomic E-state index is -0.249. The molecule has 21 heavy (non-hydrogen) atoms. The number of aromatic nitrogens is 1. The highest BCUT2D eigenvalue weighted by molar-refractivity contribution is 5.96. The highest BCUT2D eigenvalue weighted by Crippen LogP contribution is 2.09. The van der Waals surface area contributed by atoms with Crippen molar-refractivity contribution in [3.05, 3.63) is 54.4 Å². The van der Waals surface area contributed by atoms with Crippen LogP contribution in [0.25, 0.3) is 5.69 Å². The molecule has 110 valence electrons. The molecule has 5 nitrogen and oxygen atoms in total. The van der Waals surface area contributed by atoms with E-state index in [9.17, 15) is 9.59 Å². The molecule has 2 amide bonds. The lowest BCUT2D eigenvalue weighted by Crippen LogP contribution is -2.37. The molecule has 0 radical (unpaired) electrons. The second-order valence-corrected chi connectivity index (χ2v) is 4.67. The van der Waals surface area contributed by atoms with E-state index in [0.717, 1.165) is 12.1 Å². The summed E-state index contributed by atoms with van der Waals surface area (Å²) in [6, 6.07) is 11.1. The highest BCUT2D eigenvalue weighted by Gasteiger charge is 2.07. The van der Waals surface area contributed by atoms with Gasteiger partial charge >= 0.3 is 0 Å². The Morgan fingerprint density at radius 3 is 2.33 bits per heavy atom. The van der Waals surface area contributed by atoms with Gasteiger partial charge in [-0.25, -0.2) is 0 Å². The first-order chi connectivity index (χ1) is 10.2. The molecule has 2 N–H and O–H groups in total. The van der Waals surface area contributed by atoms with Gasteiger partial charge in [-0.1, -0.05) is 6.92 Å². The zero-order chi connectivity index (χ0) is 15.1. The van der Waals surface area contributed by atoms with Crippen LogP contribution in [0.2, 0.25) is 0 Å². The summed E-state index contributed by atoms with van der Waals surface area (Å²) in [5.74, 6) is -0.421. The van der Waals surface area contributed by atoms with Gasteiger partial charge in [0.15, 0.2) is 0 Å². The molecule has 0 aliphatic heterocycles. The number of carbonyl (C=O) groups is 2. The van der Waals surface area contributed by atoms with Gasteiger partial charge < -0.3 is 15.2 Å². The summed E-state index contributed by atoms with van der Waals surface area (Å²) in [6.45, 7) is 2.60. The Morgan fingerprint density at radius 2 is 1.71 bits per heavy atom. The summed E-state index contributed by atoms with van der Waals surface area (Å²) in [5.41, 5.74) is 1.52. The van der Waals surface area contributed by atoms with Crippen LogP contribution in [0, 0.1) is 0 Å². The minimum Gasteiger partial charge on any atom is -0.355 e. The summed E-state index contributed by atoms with van der Waals surface area (Å²) in [6.07, 6.45) is 4.75. The first-order valence-electron chi connectivity index (χ1n) is 6.99. The SMILES string of the molecule is CCCNC(=O)CNC(=O)c1ccc(-n2cccc2)cc1. The first kappa shape index (κ1) is 14.8. The molecule has 0 atom stereocenters. The summed E-state index contributed by atoms with van der Waals surface area (Å²) < 4.78 is 1.96. The molecule has 1 aromatic carbocycles. The Kier molecular flexibility index (Phi) is 5.15. The van der Waals surface area contributed by atoms with Crippen molar-refractivity contribution in [2.75, 3.05) is 13.1 Å². The smallest absolute Gasteiger partial charge is 0.251 e. The van der Waals surface area contributed by atoms with Gasteiger partial charge in [0.05, 0.1) is 6.54 Å². The average Bonchev–Trinajstić information content (AvgIpc) is 3.05. The molecule has 0 fully saturated rings. The Hall–Kier alpha value is -2.56. The number of hydrogen-bond acceptors (Lipinski definition) is 2. The van der Waals surface area contributed by atoms with Crippen LogP contribution < -0.4 is 10.6 Å². The number of hydrogen-bond donors (Lipinski definition) is 2. The number of nitrogens with zero attached hydrogens (tertiary/aromatic N) is 1. The summed E-state index contributed by atoms with van der Waals surface area (Å²) in [4.78, 5) is 23.3. The van der Waals surface area contributed by atoms with E-state index in [0.29, 0.717) is 12.1 Å².